The molecule has 4 heterocycles. The van der Waals surface area contributed by atoms with E-state index >= 15 is 0 Å². The van der Waals surface area contributed by atoms with E-state index in [1.54, 1.807) is 17.9 Å². The molecule has 10 heteroatoms. The highest BCUT2D eigenvalue weighted by Crippen LogP contribution is 2.43. The first-order valence-electron chi connectivity index (χ1n) is 17.1. The van der Waals surface area contributed by atoms with Gasteiger partial charge in [-0.05, 0) is 71.3 Å². The molecule has 0 bridgehead atoms. The van der Waals surface area contributed by atoms with Crippen LogP contribution < -0.4 is 10.6 Å². The molecular weight excluding hydrogens is 574 g/mol. The Morgan fingerprint density at radius 2 is 1.84 bits per heavy atom. The number of carbonyl (C=O) groups is 3. The SMILES string of the molecule is CCCNC(=O)CC1CC2(CO2)CC(C=CC(C)=CCC2OC(C)C(NC(=O)C=CC(C)OC(=O)N3CCCCC3)CC2C)O1. The second-order valence-electron chi connectivity index (χ2n) is 13.5. The first-order chi connectivity index (χ1) is 21.6. The van der Waals surface area contributed by atoms with Gasteiger partial charge in [-0.3, -0.25) is 9.59 Å². The molecule has 0 radical (unpaired) electrons. The number of epoxide rings is 1. The van der Waals surface area contributed by atoms with Crippen LogP contribution in [0.4, 0.5) is 4.79 Å². The molecule has 0 aromatic carbocycles. The summed E-state index contributed by atoms with van der Waals surface area (Å²) in [5.74, 6) is 0.0870. The summed E-state index contributed by atoms with van der Waals surface area (Å²) in [6.07, 6.45) is 16.0. The molecule has 4 aliphatic rings. The highest BCUT2D eigenvalue weighted by molar-refractivity contribution is 5.87. The van der Waals surface area contributed by atoms with Crippen molar-refractivity contribution in [1.82, 2.24) is 15.5 Å². The summed E-state index contributed by atoms with van der Waals surface area (Å²) in [5.41, 5.74) is 0.994. The molecule has 4 saturated heterocycles. The van der Waals surface area contributed by atoms with Crippen molar-refractivity contribution in [2.75, 3.05) is 26.2 Å². The van der Waals surface area contributed by atoms with Gasteiger partial charge in [-0.2, -0.15) is 0 Å². The average Bonchev–Trinajstić information content (AvgIpc) is 3.76. The second-order valence-corrected chi connectivity index (χ2v) is 13.5. The summed E-state index contributed by atoms with van der Waals surface area (Å²) >= 11 is 0. The van der Waals surface area contributed by atoms with Gasteiger partial charge in [0, 0.05) is 38.6 Å². The number of carbonyl (C=O) groups excluding carboxylic acids is 3. The van der Waals surface area contributed by atoms with Gasteiger partial charge in [0.05, 0.1) is 49.1 Å². The van der Waals surface area contributed by atoms with Crippen molar-refractivity contribution in [3.63, 3.8) is 0 Å². The molecule has 4 rings (SSSR count). The second kappa shape index (κ2) is 16.7. The zero-order valence-electron chi connectivity index (χ0n) is 27.9. The number of rotatable bonds is 12. The van der Waals surface area contributed by atoms with Crippen molar-refractivity contribution in [2.45, 2.75) is 135 Å². The van der Waals surface area contributed by atoms with E-state index in [2.05, 4.69) is 42.7 Å². The van der Waals surface area contributed by atoms with Crippen LogP contribution in [0.25, 0.3) is 0 Å². The van der Waals surface area contributed by atoms with Gasteiger partial charge in [0.1, 0.15) is 6.10 Å². The molecule has 8 unspecified atom stereocenters. The van der Waals surface area contributed by atoms with Crippen LogP contribution in [0.3, 0.4) is 0 Å². The van der Waals surface area contributed by atoms with Crippen LogP contribution in [0.2, 0.25) is 0 Å². The molecule has 0 aromatic heterocycles. The maximum Gasteiger partial charge on any atom is 0.410 e. The van der Waals surface area contributed by atoms with Gasteiger partial charge in [-0.25, -0.2) is 4.79 Å². The number of nitrogens with zero attached hydrogens (tertiary/aromatic N) is 1. The molecule has 8 atom stereocenters. The molecule has 0 saturated carbocycles. The van der Waals surface area contributed by atoms with Gasteiger partial charge in [0.2, 0.25) is 11.8 Å². The third kappa shape index (κ3) is 11.3. The Balaban J connectivity index is 1.19. The molecular formula is C35H55N3O7. The van der Waals surface area contributed by atoms with Gasteiger partial charge in [0.25, 0.3) is 0 Å². The van der Waals surface area contributed by atoms with E-state index in [4.69, 9.17) is 18.9 Å². The fourth-order valence-electron chi connectivity index (χ4n) is 6.47. The number of likely N-dealkylation sites (tertiary alicyclic amines) is 1. The quantitative estimate of drug-likeness (QED) is 0.178. The topological polar surface area (TPSA) is 119 Å². The number of piperidine rings is 1. The Kier molecular flexibility index (Phi) is 13.1. The summed E-state index contributed by atoms with van der Waals surface area (Å²) in [7, 11) is 0. The lowest BCUT2D eigenvalue weighted by Gasteiger charge is -2.39. The maximum absolute atomic E-state index is 12.7. The third-order valence-electron chi connectivity index (χ3n) is 9.29. The van der Waals surface area contributed by atoms with E-state index in [1.807, 2.05) is 13.8 Å². The monoisotopic (exact) mass is 629 g/mol. The summed E-state index contributed by atoms with van der Waals surface area (Å²) in [4.78, 5) is 38.9. The van der Waals surface area contributed by atoms with Crippen LogP contribution in [0, 0.1) is 5.92 Å². The Morgan fingerprint density at radius 1 is 1.09 bits per heavy atom. The van der Waals surface area contributed by atoms with Crippen LogP contribution in [-0.2, 0) is 28.5 Å². The van der Waals surface area contributed by atoms with E-state index in [0.717, 1.165) is 76.6 Å². The van der Waals surface area contributed by atoms with Gasteiger partial charge >= 0.3 is 6.09 Å². The average molecular weight is 630 g/mol. The fourth-order valence-corrected chi connectivity index (χ4v) is 6.47. The van der Waals surface area contributed by atoms with Crippen molar-refractivity contribution in [1.29, 1.82) is 0 Å². The number of nitrogens with one attached hydrogen (secondary N) is 2. The zero-order chi connectivity index (χ0) is 32.4. The minimum Gasteiger partial charge on any atom is -0.442 e. The Hall–Kier alpha value is -2.69. The summed E-state index contributed by atoms with van der Waals surface area (Å²) in [6.45, 7) is 12.9. The van der Waals surface area contributed by atoms with E-state index < -0.39 is 6.10 Å². The standard InChI is InChI=1S/C35H55N3O7/c1-6-16-36-33(40)20-29-22-35(23-42-35)21-28(45-29)13-10-24(2)11-14-31-25(3)19-30(27(5)44-31)37-32(39)15-12-26(4)43-34(41)38-17-8-7-9-18-38/h10-13,15,25-31H,6-9,14,16-23H2,1-5H3,(H,36,40)(H,37,39). The highest BCUT2D eigenvalue weighted by atomic mass is 16.6. The molecule has 0 aromatic rings. The smallest absolute Gasteiger partial charge is 0.410 e. The molecule has 3 amide bonds. The number of amides is 3. The lowest BCUT2D eigenvalue weighted by atomic mass is 9.88. The summed E-state index contributed by atoms with van der Waals surface area (Å²) < 4.78 is 23.9. The number of hydrogen-bond donors (Lipinski definition) is 2. The number of allylic oxidation sites excluding steroid dienone is 2. The largest absolute Gasteiger partial charge is 0.442 e. The first-order valence-corrected chi connectivity index (χ1v) is 17.1. The molecule has 4 fully saturated rings. The molecule has 2 N–H and O–H groups in total. The van der Waals surface area contributed by atoms with E-state index in [-0.39, 0.29) is 59.9 Å². The van der Waals surface area contributed by atoms with E-state index in [0.29, 0.717) is 13.0 Å². The van der Waals surface area contributed by atoms with Crippen LogP contribution in [0.5, 0.6) is 0 Å². The van der Waals surface area contributed by atoms with Crippen molar-refractivity contribution in [3.8, 4) is 0 Å². The summed E-state index contributed by atoms with van der Waals surface area (Å²) in [6, 6.07) is -0.0954. The van der Waals surface area contributed by atoms with Gasteiger partial charge in [-0.1, -0.05) is 37.6 Å². The van der Waals surface area contributed by atoms with Crippen molar-refractivity contribution >= 4 is 17.9 Å². The van der Waals surface area contributed by atoms with E-state index in [9.17, 15) is 14.4 Å². The molecule has 1 spiro atoms. The highest BCUT2D eigenvalue weighted by Gasteiger charge is 2.51. The Morgan fingerprint density at radius 3 is 2.56 bits per heavy atom. The normalized spacial score (nSPS) is 32.9. The molecule has 45 heavy (non-hydrogen) atoms. The third-order valence-corrected chi connectivity index (χ3v) is 9.29. The molecule has 0 aliphatic carbocycles. The van der Waals surface area contributed by atoms with Gasteiger partial charge in [0.15, 0.2) is 0 Å². The maximum atomic E-state index is 12.7. The van der Waals surface area contributed by atoms with Crippen molar-refractivity contribution in [2.24, 2.45) is 5.92 Å². The van der Waals surface area contributed by atoms with Crippen molar-refractivity contribution < 1.29 is 33.3 Å². The minimum atomic E-state index is -0.483. The lowest BCUT2D eigenvalue weighted by molar-refractivity contribution is -0.127. The van der Waals surface area contributed by atoms with Crippen LogP contribution >= 0.6 is 0 Å². The first kappa shape index (κ1) is 35.2. The van der Waals surface area contributed by atoms with Crippen LogP contribution in [-0.4, -0.2) is 91.2 Å². The van der Waals surface area contributed by atoms with Gasteiger partial charge in [-0.15, -0.1) is 0 Å². The Bertz CT molecular complexity index is 1090. The minimum absolute atomic E-state index is 0.0351. The van der Waals surface area contributed by atoms with Crippen molar-refractivity contribution in [3.05, 3.63) is 36.0 Å². The predicted molar refractivity (Wildman–Crippen MR) is 173 cm³/mol. The predicted octanol–water partition coefficient (Wildman–Crippen LogP) is 4.98. The summed E-state index contributed by atoms with van der Waals surface area (Å²) in [5, 5.41) is 6.02. The molecule has 252 valence electrons. The molecule has 10 nitrogen and oxygen atoms in total. The molecule has 4 aliphatic heterocycles. The van der Waals surface area contributed by atoms with Crippen LogP contribution in [0.1, 0.15) is 92.4 Å². The number of ether oxygens (including phenoxy) is 4. The number of hydrogen-bond acceptors (Lipinski definition) is 7. The van der Waals surface area contributed by atoms with E-state index in [1.165, 1.54) is 6.08 Å². The van der Waals surface area contributed by atoms with Crippen LogP contribution in [0.15, 0.2) is 36.0 Å². The fraction of sp³-hybridized carbons (Fsp3) is 0.743. The van der Waals surface area contributed by atoms with Gasteiger partial charge < -0.3 is 34.5 Å². The Labute approximate surface area is 269 Å². The zero-order valence-corrected chi connectivity index (χ0v) is 27.9. The lowest BCUT2D eigenvalue weighted by Crippen LogP contribution is -2.50.